The lowest BCUT2D eigenvalue weighted by molar-refractivity contribution is 0.196. The topological polar surface area (TPSA) is 77.0 Å². The lowest BCUT2D eigenvalue weighted by Crippen LogP contribution is -2.28. The average molecular weight is 196 g/mol. The predicted octanol–water partition coefficient (Wildman–Crippen LogP) is 0.760. The van der Waals surface area contributed by atoms with E-state index in [2.05, 4.69) is 20.3 Å². The molecule has 6 nitrogen and oxygen atoms in total. The van der Waals surface area contributed by atoms with Crippen LogP contribution in [0.4, 0.5) is 4.79 Å². The van der Waals surface area contributed by atoms with Crippen molar-refractivity contribution >= 4 is 6.09 Å². The number of amides is 1. The molecule has 0 saturated carbocycles. The molecule has 1 N–H and O–H groups in total. The molecular formula is C8H12N4O2. The van der Waals surface area contributed by atoms with Crippen molar-refractivity contribution in [2.45, 2.75) is 19.8 Å². The lowest BCUT2D eigenvalue weighted by Gasteiger charge is -2.02. The Morgan fingerprint density at radius 2 is 2.21 bits per heavy atom. The molecule has 6 heteroatoms. The van der Waals surface area contributed by atoms with E-state index >= 15 is 0 Å². The van der Waals surface area contributed by atoms with E-state index in [1.165, 1.54) is 12.7 Å². The SMILES string of the molecule is CCCCNC(=O)Oc1ncncn1. The minimum absolute atomic E-state index is 0.00833. The highest BCUT2D eigenvalue weighted by Gasteiger charge is 2.04. The van der Waals surface area contributed by atoms with Crippen LogP contribution in [-0.4, -0.2) is 27.6 Å². The fraction of sp³-hybridized carbons (Fsp3) is 0.500. The maximum atomic E-state index is 11.1. The van der Waals surface area contributed by atoms with Gasteiger partial charge >= 0.3 is 12.1 Å². The van der Waals surface area contributed by atoms with E-state index in [-0.39, 0.29) is 6.01 Å². The summed E-state index contributed by atoms with van der Waals surface area (Å²) < 4.78 is 4.75. The molecule has 14 heavy (non-hydrogen) atoms. The number of ether oxygens (including phenoxy) is 1. The van der Waals surface area contributed by atoms with Gasteiger partial charge in [0.15, 0.2) is 0 Å². The van der Waals surface area contributed by atoms with Crippen LogP contribution in [0.25, 0.3) is 0 Å². The Bertz CT molecular complexity index is 278. The molecule has 0 saturated heterocycles. The quantitative estimate of drug-likeness (QED) is 0.719. The molecule has 0 atom stereocenters. The van der Waals surface area contributed by atoms with Gasteiger partial charge in [-0.1, -0.05) is 13.3 Å². The maximum absolute atomic E-state index is 11.1. The molecule has 0 bridgehead atoms. The Kier molecular flexibility index (Phi) is 4.33. The van der Waals surface area contributed by atoms with Crippen LogP contribution in [0.5, 0.6) is 6.01 Å². The third kappa shape index (κ3) is 3.79. The Labute approximate surface area is 81.7 Å². The van der Waals surface area contributed by atoms with Crippen LogP contribution in [0.15, 0.2) is 12.7 Å². The van der Waals surface area contributed by atoms with Gasteiger partial charge in [-0.2, -0.15) is 9.97 Å². The van der Waals surface area contributed by atoms with Gasteiger partial charge in [0.05, 0.1) is 0 Å². The molecule has 76 valence electrons. The Balaban J connectivity index is 2.27. The molecule has 1 rings (SSSR count). The van der Waals surface area contributed by atoms with Crippen molar-refractivity contribution in [3.05, 3.63) is 12.7 Å². The second-order valence-electron chi connectivity index (χ2n) is 2.59. The van der Waals surface area contributed by atoms with Gasteiger partial charge in [-0.15, -0.1) is 0 Å². The van der Waals surface area contributed by atoms with Gasteiger partial charge in [0.2, 0.25) is 0 Å². The number of nitrogens with zero attached hydrogens (tertiary/aromatic N) is 3. The molecule has 1 amide bonds. The third-order valence-corrected chi connectivity index (χ3v) is 1.45. The molecule has 0 aromatic carbocycles. The standard InChI is InChI=1S/C8H12N4O2/c1-2-3-4-10-8(13)14-7-11-5-9-6-12-7/h5-6H,2-4H2,1H3,(H,10,13). The normalized spacial score (nSPS) is 9.50. The van der Waals surface area contributed by atoms with Gasteiger partial charge in [0.1, 0.15) is 12.7 Å². The first-order valence-corrected chi connectivity index (χ1v) is 4.40. The summed E-state index contributed by atoms with van der Waals surface area (Å²) in [4.78, 5) is 21.9. The Morgan fingerprint density at radius 1 is 1.50 bits per heavy atom. The molecule has 0 spiro atoms. The van der Waals surface area contributed by atoms with E-state index in [0.717, 1.165) is 12.8 Å². The Hall–Kier alpha value is -1.72. The number of rotatable bonds is 4. The monoisotopic (exact) mass is 196 g/mol. The molecule has 0 fully saturated rings. The van der Waals surface area contributed by atoms with Crippen molar-refractivity contribution in [3.63, 3.8) is 0 Å². The van der Waals surface area contributed by atoms with Gasteiger partial charge in [-0.25, -0.2) is 9.78 Å². The number of hydrogen-bond donors (Lipinski definition) is 1. The van der Waals surface area contributed by atoms with Crippen molar-refractivity contribution in [2.75, 3.05) is 6.54 Å². The van der Waals surface area contributed by atoms with Crippen molar-refractivity contribution in [1.29, 1.82) is 0 Å². The van der Waals surface area contributed by atoms with E-state index in [1.807, 2.05) is 6.92 Å². The molecule has 1 aromatic rings. The molecule has 1 aromatic heterocycles. The second-order valence-corrected chi connectivity index (χ2v) is 2.59. The van der Waals surface area contributed by atoms with Crippen LogP contribution in [0.3, 0.4) is 0 Å². The molecular weight excluding hydrogens is 184 g/mol. The van der Waals surface area contributed by atoms with Crippen LogP contribution in [-0.2, 0) is 0 Å². The highest BCUT2D eigenvalue weighted by molar-refractivity contribution is 5.69. The number of nitrogens with one attached hydrogen (secondary N) is 1. The summed E-state index contributed by atoms with van der Waals surface area (Å²) in [5.74, 6) is 0. The largest absolute Gasteiger partial charge is 0.415 e. The fourth-order valence-corrected chi connectivity index (χ4v) is 0.768. The van der Waals surface area contributed by atoms with Crippen molar-refractivity contribution in [3.8, 4) is 6.01 Å². The predicted molar refractivity (Wildman–Crippen MR) is 48.8 cm³/mol. The summed E-state index contributed by atoms with van der Waals surface area (Å²) in [6.07, 6.45) is 3.94. The number of unbranched alkanes of at least 4 members (excludes halogenated alkanes) is 1. The van der Waals surface area contributed by atoms with Crippen LogP contribution in [0.1, 0.15) is 19.8 Å². The highest BCUT2D eigenvalue weighted by atomic mass is 16.6. The summed E-state index contributed by atoms with van der Waals surface area (Å²) in [7, 11) is 0. The lowest BCUT2D eigenvalue weighted by atomic mass is 10.3. The van der Waals surface area contributed by atoms with Crippen molar-refractivity contribution < 1.29 is 9.53 Å². The Morgan fingerprint density at radius 3 is 2.86 bits per heavy atom. The van der Waals surface area contributed by atoms with E-state index in [9.17, 15) is 4.79 Å². The van der Waals surface area contributed by atoms with E-state index in [4.69, 9.17) is 4.74 Å². The molecule has 0 unspecified atom stereocenters. The van der Waals surface area contributed by atoms with E-state index < -0.39 is 6.09 Å². The average Bonchev–Trinajstić information content (AvgIpc) is 2.20. The highest BCUT2D eigenvalue weighted by Crippen LogP contribution is 1.95. The molecule has 0 aliphatic rings. The van der Waals surface area contributed by atoms with Crippen LogP contribution in [0, 0.1) is 0 Å². The van der Waals surface area contributed by atoms with Crippen molar-refractivity contribution in [2.24, 2.45) is 0 Å². The molecule has 0 radical (unpaired) electrons. The summed E-state index contributed by atoms with van der Waals surface area (Å²) in [6, 6.07) is 0.00833. The first-order chi connectivity index (χ1) is 6.83. The summed E-state index contributed by atoms with van der Waals surface area (Å²) >= 11 is 0. The third-order valence-electron chi connectivity index (χ3n) is 1.45. The van der Waals surface area contributed by atoms with Gasteiger partial charge in [-0.3, -0.25) is 0 Å². The zero-order chi connectivity index (χ0) is 10.2. The molecule has 0 aliphatic heterocycles. The zero-order valence-electron chi connectivity index (χ0n) is 7.93. The fourth-order valence-electron chi connectivity index (χ4n) is 0.768. The summed E-state index contributed by atoms with van der Waals surface area (Å²) in [5, 5.41) is 2.57. The van der Waals surface area contributed by atoms with Crippen LogP contribution >= 0.6 is 0 Å². The zero-order valence-corrected chi connectivity index (χ0v) is 7.93. The number of carbonyl (C=O) groups excluding carboxylic acids is 1. The first-order valence-electron chi connectivity index (χ1n) is 4.40. The number of aromatic nitrogens is 3. The minimum Gasteiger partial charge on any atom is -0.374 e. The minimum atomic E-state index is -0.537. The smallest absolute Gasteiger partial charge is 0.374 e. The van der Waals surface area contributed by atoms with Gasteiger partial charge in [0.25, 0.3) is 0 Å². The second kappa shape index (κ2) is 5.85. The van der Waals surface area contributed by atoms with Crippen molar-refractivity contribution in [1.82, 2.24) is 20.3 Å². The summed E-state index contributed by atoms with van der Waals surface area (Å²) in [5.41, 5.74) is 0. The van der Waals surface area contributed by atoms with Gasteiger partial charge in [0, 0.05) is 6.54 Å². The van der Waals surface area contributed by atoms with E-state index in [0.29, 0.717) is 6.54 Å². The molecule has 1 heterocycles. The number of carbonyl (C=O) groups is 1. The van der Waals surface area contributed by atoms with Gasteiger partial charge in [-0.05, 0) is 6.42 Å². The molecule has 0 aliphatic carbocycles. The summed E-state index contributed by atoms with van der Waals surface area (Å²) in [6.45, 7) is 2.64. The van der Waals surface area contributed by atoms with Crippen LogP contribution in [0.2, 0.25) is 0 Å². The number of hydrogen-bond acceptors (Lipinski definition) is 5. The first kappa shape index (κ1) is 10.4. The maximum Gasteiger partial charge on any atom is 0.415 e. The van der Waals surface area contributed by atoms with Gasteiger partial charge < -0.3 is 10.1 Å². The van der Waals surface area contributed by atoms with Crippen LogP contribution < -0.4 is 10.1 Å². The van der Waals surface area contributed by atoms with E-state index in [1.54, 1.807) is 0 Å².